The summed E-state index contributed by atoms with van der Waals surface area (Å²) in [7, 11) is 2.75. The van der Waals surface area contributed by atoms with Crippen molar-refractivity contribution >= 4 is 29.3 Å². The fourth-order valence-electron chi connectivity index (χ4n) is 1.71. The molecule has 0 bridgehead atoms. The molecule has 1 aromatic rings. The molecule has 0 aliphatic rings. The molecule has 0 aromatic heterocycles. The maximum absolute atomic E-state index is 11.7. The minimum atomic E-state index is -0.642. The van der Waals surface area contributed by atoms with Gasteiger partial charge in [-0.1, -0.05) is 23.2 Å². The van der Waals surface area contributed by atoms with Gasteiger partial charge < -0.3 is 24.6 Å². The minimum Gasteiger partial charge on any atom is -0.506 e. The van der Waals surface area contributed by atoms with Crippen LogP contribution in [0, 0.1) is 0 Å². The van der Waals surface area contributed by atoms with Crippen LogP contribution in [0.3, 0.4) is 0 Å². The van der Waals surface area contributed by atoms with E-state index in [2.05, 4.69) is 5.32 Å². The van der Waals surface area contributed by atoms with Crippen molar-refractivity contribution in [3.8, 4) is 17.2 Å². The number of amides is 1. The van der Waals surface area contributed by atoms with Crippen LogP contribution >= 0.6 is 23.2 Å². The van der Waals surface area contributed by atoms with Crippen molar-refractivity contribution in [1.29, 1.82) is 0 Å². The lowest BCUT2D eigenvalue weighted by atomic mass is 10.1. The Bertz CT molecular complexity index is 570. The maximum Gasteiger partial charge on any atom is 0.407 e. The number of benzene rings is 1. The molecule has 2 N–H and O–H groups in total. The largest absolute Gasteiger partial charge is 0.506 e. The quantitative estimate of drug-likeness (QED) is 0.863. The third-order valence-corrected chi connectivity index (χ3v) is 3.28. The van der Waals surface area contributed by atoms with E-state index >= 15 is 0 Å². The van der Waals surface area contributed by atoms with E-state index in [1.54, 1.807) is 20.8 Å². The van der Waals surface area contributed by atoms with Crippen molar-refractivity contribution in [1.82, 2.24) is 5.32 Å². The smallest absolute Gasteiger partial charge is 0.407 e. The summed E-state index contributed by atoms with van der Waals surface area (Å²) < 4.78 is 15.3. The average Bonchev–Trinajstić information content (AvgIpc) is 2.40. The van der Waals surface area contributed by atoms with Crippen molar-refractivity contribution in [3.63, 3.8) is 0 Å². The Morgan fingerprint density at radius 3 is 2.14 bits per heavy atom. The van der Waals surface area contributed by atoms with Gasteiger partial charge in [0.2, 0.25) is 0 Å². The summed E-state index contributed by atoms with van der Waals surface area (Å²) in [4.78, 5) is 11.7. The number of phenolic OH excluding ortho intramolecular Hbond substituents is 1. The molecule has 8 heteroatoms. The van der Waals surface area contributed by atoms with Gasteiger partial charge in [0.1, 0.15) is 27.1 Å². The van der Waals surface area contributed by atoms with E-state index in [0.717, 1.165) is 0 Å². The second-order valence-corrected chi connectivity index (χ2v) is 6.13. The van der Waals surface area contributed by atoms with Crippen LogP contribution in [0.1, 0.15) is 26.3 Å². The van der Waals surface area contributed by atoms with Crippen LogP contribution in [-0.4, -0.2) is 31.0 Å². The molecular formula is C14H19Cl2NO5. The first-order valence-corrected chi connectivity index (χ1v) is 7.15. The molecule has 1 amide bonds. The fourth-order valence-corrected chi connectivity index (χ4v) is 2.41. The summed E-state index contributed by atoms with van der Waals surface area (Å²) in [5, 5.41) is 12.7. The molecule has 0 radical (unpaired) electrons. The van der Waals surface area contributed by atoms with E-state index in [-0.39, 0.29) is 39.4 Å². The minimum absolute atomic E-state index is 0.0608. The lowest BCUT2D eigenvalue weighted by molar-refractivity contribution is 0.0523. The summed E-state index contributed by atoms with van der Waals surface area (Å²) in [5.41, 5.74) is -0.407. The average molecular weight is 352 g/mol. The fraction of sp³-hybridized carbons (Fsp3) is 0.500. The lowest BCUT2D eigenvalue weighted by Gasteiger charge is -2.21. The van der Waals surface area contributed by atoms with Gasteiger partial charge in [-0.25, -0.2) is 4.79 Å². The zero-order valence-corrected chi connectivity index (χ0v) is 14.6. The first-order valence-electron chi connectivity index (χ1n) is 6.40. The summed E-state index contributed by atoms with van der Waals surface area (Å²) in [6.45, 7) is 5.15. The molecule has 6 nitrogen and oxygen atoms in total. The van der Waals surface area contributed by atoms with E-state index in [1.165, 1.54) is 14.2 Å². The van der Waals surface area contributed by atoms with E-state index in [9.17, 15) is 9.90 Å². The second-order valence-electron chi connectivity index (χ2n) is 5.38. The maximum atomic E-state index is 11.7. The first kappa shape index (κ1) is 18.5. The Morgan fingerprint density at radius 2 is 1.68 bits per heavy atom. The van der Waals surface area contributed by atoms with Gasteiger partial charge in [-0.05, 0) is 20.8 Å². The number of rotatable bonds is 4. The van der Waals surface area contributed by atoms with Gasteiger partial charge in [0.05, 0.1) is 26.3 Å². The topological polar surface area (TPSA) is 77.0 Å². The Hall–Kier alpha value is -1.53. The summed E-state index contributed by atoms with van der Waals surface area (Å²) in [6.07, 6.45) is -0.642. The van der Waals surface area contributed by atoms with Gasteiger partial charge in [0.15, 0.2) is 5.75 Å². The lowest BCUT2D eigenvalue weighted by Crippen LogP contribution is -2.32. The van der Waals surface area contributed by atoms with Gasteiger partial charge in [0.25, 0.3) is 0 Å². The van der Waals surface area contributed by atoms with Crippen molar-refractivity contribution in [2.75, 3.05) is 14.2 Å². The zero-order valence-electron chi connectivity index (χ0n) is 13.0. The molecule has 0 atom stereocenters. The Labute approximate surface area is 139 Å². The molecule has 22 heavy (non-hydrogen) atoms. The monoisotopic (exact) mass is 351 g/mol. The van der Waals surface area contributed by atoms with E-state index in [0.29, 0.717) is 0 Å². The number of phenols is 1. The number of carbonyl (C=O) groups excluding carboxylic acids is 1. The molecule has 0 spiro atoms. The van der Waals surface area contributed by atoms with Gasteiger partial charge in [-0.2, -0.15) is 0 Å². The number of aromatic hydroxyl groups is 1. The second kappa shape index (κ2) is 7.15. The van der Waals surface area contributed by atoms with Gasteiger partial charge in [0, 0.05) is 0 Å². The number of halogens is 2. The van der Waals surface area contributed by atoms with Crippen LogP contribution < -0.4 is 14.8 Å². The standard InChI is InChI=1S/C14H19Cl2NO5/c1-14(2,3)22-13(19)17-6-7-10(18)8(15)12(21-5)9(16)11(7)20-4/h18H,6H2,1-5H3,(H,17,19). The molecule has 0 unspecified atom stereocenters. The van der Waals surface area contributed by atoms with Crippen LogP contribution in [0.25, 0.3) is 0 Å². The summed E-state index contributed by atoms with van der Waals surface area (Å²) in [5.74, 6) is -0.0222. The zero-order chi connectivity index (χ0) is 17.1. The predicted molar refractivity (Wildman–Crippen MR) is 84.3 cm³/mol. The number of carbonyl (C=O) groups is 1. The molecule has 0 saturated carbocycles. The van der Waals surface area contributed by atoms with Crippen LogP contribution in [0.4, 0.5) is 4.79 Å². The molecule has 0 aliphatic carbocycles. The SMILES string of the molecule is COc1c(Cl)c(O)c(CNC(=O)OC(C)(C)C)c(OC)c1Cl. The molecule has 124 valence electrons. The third-order valence-electron chi connectivity index (χ3n) is 2.58. The van der Waals surface area contributed by atoms with Crippen molar-refractivity contribution in [2.45, 2.75) is 32.9 Å². The van der Waals surface area contributed by atoms with Crippen molar-refractivity contribution < 1.29 is 24.1 Å². The Kier molecular flexibility index (Phi) is 6.02. The highest BCUT2D eigenvalue weighted by atomic mass is 35.5. The highest BCUT2D eigenvalue weighted by Crippen LogP contribution is 2.48. The molecular weight excluding hydrogens is 333 g/mol. The Morgan fingerprint density at radius 1 is 1.14 bits per heavy atom. The van der Waals surface area contributed by atoms with E-state index in [1.807, 2.05) is 0 Å². The van der Waals surface area contributed by atoms with Crippen molar-refractivity contribution in [3.05, 3.63) is 15.6 Å². The molecule has 0 aliphatic heterocycles. The highest BCUT2D eigenvalue weighted by Gasteiger charge is 2.24. The molecule has 0 saturated heterocycles. The summed E-state index contributed by atoms with van der Waals surface area (Å²) in [6, 6.07) is 0. The number of alkyl carbamates (subject to hydrolysis) is 1. The number of ether oxygens (including phenoxy) is 3. The van der Waals surface area contributed by atoms with Gasteiger partial charge in [-0.3, -0.25) is 0 Å². The van der Waals surface area contributed by atoms with Gasteiger partial charge in [-0.15, -0.1) is 0 Å². The third kappa shape index (κ3) is 4.24. The first-order chi connectivity index (χ1) is 10.1. The van der Waals surface area contributed by atoms with Gasteiger partial charge >= 0.3 is 6.09 Å². The molecule has 1 aromatic carbocycles. The van der Waals surface area contributed by atoms with E-state index in [4.69, 9.17) is 37.4 Å². The molecule has 0 heterocycles. The summed E-state index contributed by atoms with van der Waals surface area (Å²) >= 11 is 12.1. The van der Waals surface area contributed by atoms with Crippen molar-refractivity contribution in [2.24, 2.45) is 0 Å². The highest BCUT2D eigenvalue weighted by molar-refractivity contribution is 6.39. The number of nitrogens with one attached hydrogen (secondary N) is 1. The molecule has 1 rings (SSSR count). The molecule has 0 fully saturated rings. The number of hydrogen-bond donors (Lipinski definition) is 2. The van der Waals surface area contributed by atoms with Crippen LogP contribution in [0.15, 0.2) is 0 Å². The van der Waals surface area contributed by atoms with E-state index < -0.39 is 11.7 Å². The van der Waals surface area contributed by atoms with Crippen LogP contribution in [-0.2, 0) is 11.3 Å². The number of hydrogen-bond acceptors (Lipinski definition) is 5. The predicted octanol–water partition coefficient (Wildman–Crippen LogP) is 3.74. The van der Waals surface area contributed by atoms with Crippen LogP contribution in [0.2, 0.25) is 10.0 Å². The number of methoxy groups -OCH3 is 2. The normalized spacial score (nSPS) is 11.0. The van der Waals surface area contributed by atoms with Crippen LogP contribution in [0.5, 0.6) is 17.2 Å². The Balaban J connectivity index is 3.07.